The minimum Gasteiger partial charge on any atom is -0.283 e. The standard InChI is InChI=1S/C13H10FN2O/c1-9-5-6-12(8-15)16(17)13(9)10-3-2-4-11(14)7-10/h2-7,17H,1H3/q+1. The summed E-state index contributed by atoms with van der Waals surface area (Å²) in [5.41, 5.74) is 1.82. The summed E-state index contributed by atoms with van der Waals surface area (Å²) in [5.74, 6) is -0.385. The molecule has 1 N–H and O–H groups in total. The second-order valence-corrected chi connectivity index (χ2v) is 3.68. The Morgan fingerprint density at radius 1 is 1.29 bits per heavy atom. The van der Waals surface area contributed by atoms with Crippen molar-refractivity contribution in [1.82, 2.24) is 0 Å². The fraction of sp³-hybridized carbons (Fsp3) is 0.0769. The van der Waals surface area contributed by atoms with Crippen LogP contribution in [0.5, 0.6) is 0 Å². The first kappa shape index (κ1) is 11.1. The van der Waals surface area contributed by atoms with Gasteiger partial charge < -0.3 is 0 Å². The third kappa shape index (κ3) is 1.95. The lowest BCUT2D eigenvalue weighted by Gasteiger charge is -2.01. The fourth-order valence-electron chi connectivity index (χ4n) is 1.71. The van der Waals surface area contributed by atoms with Crippen LogP contribution in [0.3, 0.4) is 0 Å². The van der Waals surface area contributed by atoms with Gasteiger partial charge in [0.15, 0.2) is 6.07 Å². The van der Waals surface area contributed by atoms with Gasteiger partial charge in [0.1, 0.15) is 5.82 Å². The van der Waals surface area contributed by atoms with E-state index in [-0.39, 0.29) is 11.5 Å². The molecular formula is C13H10FN2O+. The first-order valence-electron chi connectivity index (χ1n) is 5.04. The third-order valence-electron chi connectivity index (χ3n) is 2.52. The predicted octanol–water partition coefficient (Wildman–Crippen LogP) is 2.20. The molecule has 2 aromatic rings. The van der Waals surface area contributed by atoms with Gasteiger partial charge in [-0.15, -0.1) is 0 Å². The number of pyridine rings is 1. The molecule has 0 aliphatic rings. The number of hydrogen-bond donors (Lipinski definition) is 1. The average Bonchev–Trinajstić information content (AvgIpc) is 2.29. The van der Waals surface area contributed by atoms with Crippen molar-refractivity contribution >= 4 is 0 Å². The van der Waals surface area contributed by atoms with Crippen LogP contribution in [0.2, 0.25) is 0 Å². The molecule has 0 aliphatic carbocycles. The summed E-state index contributed by atoms with van der Waals surface area (Å²) in [6, 6.07) is 11.0. The molecule has 17 heavy (non-hydrogen) atoms. The number of benzene rings is 1. The molecule has 1 aromatic carbocycles. The van der Waals surface area contributed by atoms with E-state index in [4.69, 9.17) is 5.26 Å². The Hall–Kier alpha value is -2.41. The van der Waals surface area contributed by atoms with Crippen LogP contribution in [0.1, 0.15) is 11.3 Å². The maximum Gasteiger partial charge on any atom is 0.334 e. The minimum absolute atomic E-state index is 0.106. The van der Waals surface area contributed by atoms with Gasteiger partial charge in [-0.05, 0) is 31.2 Å². The molecular weight excluding hydrogens is 219 g/mol. The van der Waals surface area contributed by atoms with E-state index in [0.717, 1.165) is 10.3 Å². The monoisotopic (exact) mass is 229 g/mol. The van der Waals surface area contributed by atoms with Crippen LogP contribution in [0, 0.1) is 24.1 Å². The molecule has 4 heteroatoms. The lowest BCUT2D eigenvalue weighted by molar-refractivity contribution is -0.898. The van der Waals surface area contributed by atoms with Crippen molar-refractivity contribution in [2.24, 2.45) is 0 Å². The van der Waals surface area contributed by atoms with E-state index in [1.807, 2.05) is 6.07 Å². The van der Waals surface area contributed by atoms with Gasteiger partial charge >= 0.3 is 5.69 Å². The van der Waals surface area contributed by atoms with Gasteiger partial charge in [-0.1, -0.05) is 6.07 Å². The highest BCUT2D eigenvalue weighted by Crippen LogP contribution is 2.20. The molecule has 0 aliphatic heterocycles. The summed E-state index contributed by atoms with van der Waals surface area (Å²) >= 11 is 0. The van der Waals surface area contributed by atoms with Gasteiger partial charge in [0.05, 0.1) is 5.56 Å². The number of hydrogen-bond acceptors (Lipinski definition) is 2. The molecule has 0 saturated heterocycles. The summed E-state index contributed by atoms with van der Waals surface area (Å²) < 4.78 is 13.9. The molecule has 0 saturated carbocycles. The SMILES string of the molecule is Cc1ccc(C#N)[n+](O)c1-c1cccc(F)c1. The van der Waals surface area contributed by atoms with E-state index in [1.54, 1.807) is 25.1 Å². The molecule has 0 unspecified atom stereocenters. The highest BCUT2D eigenvalue weighted by molar-refractivity contribution is 5.60. The first-order valence-corrected chi connectivity index (χ1v) is 5.04. The molecule has 2 rings (SSSR count). The topological polar surface area (TPSA) is 47.9 Å². The molecule has 1 aromatic heterocycles. The molecule has 0 radical (unpaired) electrons. The Labute approximate surface area is 98.0 Å². The van der Waals surface area contributed by atoms with Crippen molar-refractivity contribution in [1.29, 1.82) is 5.26 Å². The van der Waals surface area contributed by atoms with Crippen molar-refractivity contribution in [2.45, 2.75) is 6.92 Å². The summed E-state index contributed by atoms with van der Waals surface area (Å²) in [4.78, 5) is 0. The number of aromatic nitrogens is 1. The van der Waals surface area contributed by atoms with Crippen LogP contribution in [-0.2, 0) is 0 Å². The predicted molar refractivity (Wildman–Crippen MR) is 58.7 cm³/mol. The second-order valence-electron chi connectivity index (χ2n) is 3.68. The molecule has 84 valence electrons. The van der Waals surface area contributed by atoms with Gasteiger partial charge in [-0.25, -0.2) is 4.39 Å². The molecule has 3 nitrogen and oxygen atoms in total. The molecule has 1 heterocycles. The van der Waals surface area contributed by atoms with Crippen LogP contribution in [-0.4, -0.2) is 5.21 Å². The highest BCUT2D eigenvalue weighted by Gasteiger charge is 2.21. The van der Waals surface area contributed by atoms with Gasteiger partial charge in [-0.3, -0.25) is 5.21 Å². The summed E-state index contributed by atoms with van der Waals surface area (Å²) in [5, 5.41) is 18.7. The summed E-state index contributed by atoms with van der Waals surface area (Å²) in [6.07, 6.45) is 0. The van der Waals surface area contributed by atoms with Crippen LogP contribution in [0.15, 0.2) is 36.4 Å². The number of nitrogens with zero attached hydrogens (tertiary/aromatic N) is 2. The first-order chi connectivity index (χ1) is 8.13. The van der Waals surface area contributed by atoms with Gasteiger partial charge in [0.2, 0.25) is 0 Å². The van der Waals surface area contributed by atoms with Crippen LogP contribution >= 0.6 is 0 Å². The van der Waals surface area contributed by atoms with E-state index < -0.39 is 0 Å². The van der Waals surface area contributed by atoms with Crippen LogP contribution in [0.25, 0.3) is 11.3 Å². The van der Waals surface area contributed by atoms with E-state index >= 15 is 0 Å². The fourth-order valence-corrected chi connectivity index (χ4v) is 1.71. The Morgan fingerprint density at radius 3 is 2.71 bits per heavy atom. The lowest BCUT2D eigenvalue weighted by atomic mass is 10.1. The van der Waals surface area contributed by atoms with Crippen molar-refractivity contribution in [3.63, 3.8) is 0 Å². The normalized spacial score (nSPS) is 9.94. The molecule has 0 atom stereocenters. The van der Waals surface area contributed by atoms with Gasteiger partial charge in [0.25, 0.3) is 5.69 Å². The zero-order chi connectivity index (χ0) is 12.4. The second kappa shape index (κ2) is 4.22. The number of rotatable bonds is 1. The lowest BCUT2D eigenvalue weighted by Crippen LogP contribution is -2.37. The molecule has 0 bridgehead atoms. The Morgan fingerprint density at radius 2 is 2.06 bits per heavy atom. The van der Waals surface area contributed by atoms with Crippen molar-refractivity contribution < 1.29 is 14.3 Å². The average molecular weight is 229 g/mol. The Balaban J connectivity index is 2.71. The number of aryl methyl sites for hydroxylation is 1. The van der Waals surface area contributed by atoms with Gasteiger partial charge in [0, 0.05) is 16.4 Å². The maximum atomic E-state index is 13.1. The molecule has 0 spiro atoms. The Bertz CT molecular complexity index is 617. The number of nitriles is 1. The van der Waals surface area contributed by atoms with Gasteiger partial charge in [-0.2, -0.15) is 5.26 Å². The summed E-state index contributed by atoms with van der Waals surface area (Å²) in [7, 11) is 0. The quantitative estimate of drug-likeness (QED) is 0.602. The Kier molecular flexibility index (Phi) is 2.75. The maximum absolute atomic E-state index is 13.1. The third-order valence-corrected chi connectivity index (χ3v) is 2.52. The molecule has 0 fully saturated rings. The minimum atomic E-state index is -0.385. The summed E-state index contributed by atoms with van der Waals surface area (Å²) in [6.45, 7) is 1.79. The zero-order valence-corrected chi connectivity index (χ0v) is 9.18. The van der Waals surface area contributed by atoms with Crippen molar-refractivity contribution in [3.8, 4) is 17.3 Å². The zero-order valence-electron chi connectivity index (χ0n) is 9.18. The van der Waals surface area contributed by atoms with Crippen molar-refractivity contribution in [2.75, 3.05) is 0 Å². The highest BCUT2D eigenvalue weighted by atomic mass is 19.1. The van der Waals surface area contributed by atoms with E-state index in [2.05, 4.69) is 0 Å². The largest absolute Gasteiger partial charge is 0.334 e. The molecule has 0 amide bonds. The van der Waals surface area contributed by atoms with Crippen molar-refractivity contribution in [3.05, 3.63) is 53.5 Å². The number of halogens is 1. The van der Waals surface area contributed by atoms with E-state index in [9.17, 15) is 9.60 Å². The smallest absolute Gasteiger partial charge is 0.283 e. The van der Waals surface area contributed by atoms with E-state index in [1.165, 1.54) is 18.2 Å². The van der Waals surface area contributed by atoms with Crippen LogP contribution in [0.4, 0.5) is 4.39 Å². The van der Waals surface area contributed by atoms with Crippen LogP contribution < -0.4 is 4.73 Å². The van der Waals surface area contributed by atoms with E-state index in [0.29, 0.717) is 11.3 Å².